The van der Waals surface area contributed by atoms with Crippen molar-refractivity contribution in [3.8, 4) is 0 Å². The molecule has 1 radical (unpaired) electrons. The smallest absolute Gasteiger partial charge is 0.549 e. The number of carbonyl (C=O) groups is 3. The van der Waals surface area contributed by atoms with Crippen LogP contribution in [0.2, 0.25) is 0 Å². The van der Waals surface area contributed by atoms with Crippen LogP contribution < -0.4 is 15.3 Å². The van der Waals surface area contributed by atoms with E-state index in [2.05, 4.69) is 0 Å². The number of carbonyl (C=O) groups excluding carboxylic acids is 3. The molecule has 0 aromatic rings. The van der Waals surface area contributed by atoms with Crippen LogP contribution in [0.4, 0.5) is 0 Å². The molecule has 0 unspecified atom stereocenters. The number of aliphatic carboxylic acids is 3. The van der Waals surface area contributed by atoms with Crippen molar-refractivity contribution in [2.45, 2.75) is 0 Å². The molecule has 0 spiro atoms. The Morgan fingerprint density at radius 3 is 1.21 bits per heavy atom. The Morgan fingerprint density at radius 2 is 1.07 bits per heavy atom. The summed E-state index contributed by atoms with van der Waals surface area (Å²) in [6, 6.07) is 0. The molecule has 0 aliphatic heterocycles. The van der Waals surface area contributed by atoms with Gasteiger partial charge in [0, 0.05) is 19.6 Å². The first-order valence-electron chi connectivity index (χ1n) is 3.23. The minimum atomic E-state index is -1.57. The zero-order valence-electron chi connectivity index (χ0n) is 7.83. The van der Waals surface area contributed by atoms with Crippen LogP contribution in [-0.2, 0) is 30.9 Å². The predicted molar refractivity (Wildman–Crippen MR) is 32.6 cm³/mol. The molecule has 0 aromatic carbocycles. The number of rotatable bonds is 6. The molecular formula is C6H7NNiO6+. The zero-order valence-corrected chi connectivity index (χ0v) is 7.82. The summed E-state index contributed by atoms with van der Waals surface area (Å²) in [5.41, 5.74) is 0. The van der Waals surface area contributed by atoms with Crippen LogP contribution >= 0.6 is 0 Å². The van der Waals surface area contributed by atoms with Crippen LogP contribution in [0.1, 0.15) is 1.43 Å². The molecule has 81 valence electrons. The van der Waals surface area contributed by atoms with Crippen LogP contribution in [0.5, 0.6) is 0 Å². The van der Waals surface area contributed by atoms with E-state index in [-0.39, 0.29) is 17.9 Å². The third-order valence-electron chi connectivity index (χ3n) is 1.06. The fourth-order valence-electron chi connectivity index (χ4n) is 0.715. The van der Waals surface area contributed by atoms with E-state index in [4.69, 9.17) is 0 Å². The summed E-state index contributed by atoms with van der Waals surface area (Å²) in [6.07, 6.45) is 0. The van der Waals surface area contributed by atoms with E-state index in [9.17, 15) is 29.7 Å². The van der Waals surface area contributed by atoms with E-state index in [1.54, 1.807) is 0 Å². The van der Waals surface area contributed by atoms with Gasteiger partial charge in [0.15, 0.2) is 0 Å². The average molecular weight is 248 g/mol. The van der Waals surface area contributed by atoms with Crippen molar-refractivity contribution in [1.82, 2.24) is 4.90 Å². The third-order valence-corrected chi connectivity index (χ3v) is 1.06. The van der Waals surface area contributed by atoms with Gasteiger partial charge < -0.3 is 29.7 Å². The fourth-order valence-corrected chi connectivity index (χ4v) is 0.715. The predicted octanol–water partition coefficient (Wildman–Crippen LogP) is -5.35. The topological polar surface area (TPSA) is 124 Å². The largest absolute Gasteiger partial charge is 3.00 e. The summed E-state index contributed by atoms with van der Waals surface area (Å²) in [6.45, 7) is -2.37. The summed E-state index contributed by atoms with van der Waals surface area (Å²) in [5.74, 6) is -4.70. The van der Waals surface area contributed by atoms with Gasteiger partial charge in [0.05, 0.1) is 17.9 Å². The van der Waals surface area contributed by atoms with Crippen molar-refractivity contribution in [1.29, 1.82) is 0 Å². The van der Waals surface area contributed by atoms with E-state index in [1.165, 1.54) is 0 Å². The first-order valence-corrected chi connectivity index (χ1v) is 3.23. The maximum absolute atomic E-state index is 9.99. The average Bonchev–Trinajstić information content (AvgIpc) is 1.80. The van der Waals surface area contributed by atoms with Gasteiger partial charge in [-0.15, -0.1) is 0 Å². The second kappa shape index (κ2) is 7.28. The first kappa shape index (κ1) is 15.3. The second-order valence-electron chi connectivity index (χ2n) is 2.26. The van der Waals surface area contributed by atoms with E-state index < -0.39 is 37.5 Å². The van der Waals surface area contributed by atoms with Gasteiger partial charge in [-0.3, -0.25) is 4.90 Å². The Balaban J connectivity index is -0.000000720. The van der Waals surface area contributed by atoms with Gasteiger partial charge in [0.2, 0.25) is 0 Å². The molecule has 0 heterocycles. The molecule has 0 bridgehead atoms. The molecule has 0 N–H and O–H groups in total. The van der Waals surface area contributed by atoms with E-state index in [0.717, 1.165) is 0 Å². The quantitative estimate of drug-likeness (QED) is 0.429. The molecule has 0 amide bonds. The van der Waals surface area contributed by atoms with Gasteiger partial charge in [-0.1, -0.05) is 0 Å². The van der Waals surface area contributed by atoms with Crippen LogP contribution in [0.15, 0.2) is 0 Å². The van der Waals surface area contributed by atoms with Gasteiger partial charge in [0.25, 0.3) is 0 Å². The number of carboxylic acids is 3. The number of hydrogen-bond acceptors (Lipinski definition) is 7. The van der Waals surface area contributed by atoms with Gasteiger partial charge in [-0.25, -0.2) is 0 Å². The van der Waals surface area contributed by atoms with Crippen molar-refractivity contribution in [2.75, 3.05) is 19.6 Å². The Bertz CT molecular complexity index is 198. The van der Waals surface area contributed by atoms with Crippen LogP contribution in [0.25, 0.3) is 0 Å². The molecule has 0 saturated carbocycles. The monoisotopic (exact) mass is 247 g/mol. The summed E-state index contributed by atoms with van der Waals surface area (Å²) >= 11 is 0. The van der Waals surface area contributed by atoms with E-state index in [1.807, 2.05) is 0 Å². The Kier molecular flexibility index (Phi) is 7.98. The summed E-state index contributed by atoms with van der Waals surface area (Å²) in [5, 5.41) is 30.0. The number of carboxylic acid groups (broad SMARTS) is 3. The molecule has 0 aliphatic rings. The minimum absolute atomic E-state index is 0. The summed E-state index contributed by atoms with van der Waals surface area (Å²) < 4.78 is 0. The molecular weight excluding hydrogens is 241 g/mol. The normalized spacial score (nSPS) is 9.21. The molecule has 8 heteroatoms. The van der Waals surface area contributed by atoms with Crippen LogP contribution in [0.3, 0.4) is 0 Å². The second-order valence-corrected chi connectivity index (χ2v) is 2.26. The summed E-state index contributed by atoms with van der Waals surface area (Å²) in [7, 11) is 0. The van der Waals surface area contributed by atoms with Crippen molar-refractivity contribution < 1.29 is 47.6 Å². The van der Waals surface area contributed by atoms with E-state index >= 15 is 0 Å². The molecule has 0 aliphatic carbocycles. The molecule has 7 nitrogen and oxygen atoms in total. The Labute approximate surface area is 90.7 Å². The molecule has 14 heavy (non-hydrogen) atoms. The van der Waals surface area contributed by atoms with Gasteiger partial charge in [0.1, 0.15) is 0 Å². The maximum atomic E-state index is 9.99. The van der Waals surface area contributed by atoms with Crippen molar-refractivity contribution in [3.63, 3.8) is 0 Å². The number of nitrogens with zero attached hydrogens (tertiary/aromatic N) is 1. The Morgan fingerprint density at radius 1 is 0.857 bits per heavy atom. The molecule has 0 fully saturated rings. The number of hydrogen-bond donors (Lipinski definition) is 0. The molecule has 0 rings (SSSR count). The van der Waals surface area contributed by atoms with Crippen LogP contribution in [0, 0.1) is 0 Å². The van der Waals surface area contributed by atoms with Crippen molar-refractivity contribution in [2.24, 2.45) is 0 Å². The summed E-state index contributed by atoms with van der Waals surface area (Å²) in [4.78, 5) is 30.6. The Hall–Kier alpha value is -1.14. The zero-order chi connectivity index (χ0) is 10.4. The molecule has 0 saturated heterocycles. The van der Waals surface area contributed by atoms with Gasteiger partial charge >= 0.3 is 17.9 Å². The SMILES string of the molecule is O=C([O-])CN(CC(=O)[O-])CC(=O)[O-].[H+].[Ni+3]. The molecule has 0 atom stereocenters. The third kappa shape index (κ3) is 8.96. The fraction of sp³-hybridized carbons (Fsp3) is 0.500. The standard InChI is InChI=1S/C6H9NO6.Ni/c8-4(9)1-7(2-5(10)11)3-6(12)13;/h1-3H2,(H,8,9)(H,10,11)(H,12,13);/q;+3/p-2. The first-order chi connectivity index (χ1) is 5.91. The van der Waals surface area contributed by atoms with Gasteiger partial charge in [-0.05, 0) is 0 Å². The van der Waals surface area contributed by atoms with Gasteiger partial charge in [-0.2, -0.15) is 0 Å². The minimum Gasteiger partial charge on any atom is -0.549 e. The van der Waals surface area contributed by atoms with Crippen molar-refractivity contribution >= 4 is 17.9 Å². The maximum Gasteiger partial charge on any atom is 3.00 e. The van der Waals surface area contributed by atoms with Crippen molar-refractivity contribution in [3.05, 3.63) is 0 Å². The van der Waals surface area contributed by atoms with E-state index in [0.29, 0.717) is 4.90 Å². The van der Waals surface area contributed by atoms with Crippen LogP contribution in [-0.4, -0.2) is 42.4 Å². The molecule has 0 aromatic heterocycles.